The topological polar surface area (TPSA) is 61.5 Å². The molecule has 2 N–H and O–H groups in total. The van der Waals surface area contributed by atoms with Gasteiger partial charge in [0.2, 0.25) is 0 Å². The van der Waals surface area contributed by atoms with Crippen molar-refractivity contribution in [2.75, 3.05) is 20.8 Å². The molecule has 4 nitrogen and oxygen atoms in total. The van der Waals surface area contributed by atoms with Crippen LogP contribution in [0.25, 0.3) is 0 Å². The Bertz CT molecular complexity index is 402. The van der Waals surface area contributed by atoms with E-state index in [1.807, 2.05) is 13.0 Å². The highest BCUT2D eigenvalue weighted by Gasteiger charge is 2.15. The van der Waals surface area contributed by atoms with Crippen molar-refractivity contribution in [3.63, 3.8) is 0 Å². The number of benzene rings is 1. The fraction of sp³-hybridized carbons (Fsp3) is 0.462. The van der Waals surface area contributed by atoms with Crippen molar-refractivity contribution in [3.05, 3.63) is 23.3 Å². The highest BCUT2D eigenvalue weighted by atomic mass is 16.5. The van der Waals surface area contributed by atoms with Crippen molar-refractivity contribution in [1.82, 2.24) is 0 Å². The molecule has 0 saturated carbocycles. The van der Waals surface area contributed by atoms with Crippen LogP contribution in [-0.2, 0) is 6.42 Å². The standard InChI is InChI=1S/C13H19NO3/c1-4-11(15)10-8-12(16-2)9(5-6-14)7-13(10)17-3/h7-8H,4-6,14H2,1-3H3. The number of ketones is 1. The van der Waals surface area contributed by atoms with Crippen molar-refractivity contribution in [2.45, 2.75) is 19.8 Å². The Kier molecular flexibility index (Phi) is 4.97. The summed E-state index contributed by atoms with van der Waals surface area (Å²) in [4.78, 5) is 11.8. The molecule has 0 aliphatic rings. The molecule has 94 valence electrons. The summed E-state index contributed by atoms with van der Waals surface area (Å²) in [7, 11) is 3.14. The van der Waals surface area contributed by atoms with Gasteiger partial charge in [-0.1, -0.05) is 6.92 Å². The van der Waals surface area contributed by atoms with Gasteiger partial charge in [-0.15, -0.1) is 0 Å². The van der Waals surface area contributed by atoms with Crippen LogP contribution in [0.15, 0.2) is 12.1 Å². The minimum Gasteiger partial charge on any atom is -0.496 e. The fourth-order valence-electron chi connectivity index (χ4n) is 1.72. The SMILES string of the molecule is CCC(=O)c1cc(OC)c(CCN)cc1OC. The van der Waals surface area contributed by atoms with Crippen LogP contribution in [0.1, 0.15) is 29.3 Å². The number of methoxy groups -OCH3 is 2. The molecule has 0 heterocycles. The summed E-state index contributed by atoms with van der Waals surface area (Å²) in [6, 6.07) is 3.56. The third-order valence-electron chi connectivity index (χ3n) is 2.64. The first-order valence-electron chi connectivity index (χ1n) is 5.66. The second-order valence-electron chi connectivity index (χ2n) is 3.68. The number of ether oxygens (including phenoxy) is 2. The van der Waals surface area contributed by atoms with Crippen LogP contribution in [0.5, 0.6) is 11.5 Å². The lowest BCUT2D eigenvalue weighted by Gasteiger charge is -2.13. The first kappa shape index (κ1) is 13.5. The molecule has 1 aromatic rings. The minimum absolute atomic E-state index is 0.0412. The van der Waals surface area contributed by atoms with Gasteiger partial charge in [-0.3, -0.25) is 4.79 Å². The van der Waals surface area contributed by atoms with Gasteiger partial charge in [0.1, 0.15) is 11.5 Å². The van der Waals surface area contributed by atoms with Gasteiger partial charge in [0.05, 0.1) is 19.8 Å². The molecule has 0 fully saturated rings. The van der Waals surface area contributed by atoms with Crippen LogP contribution in [0.4, 0.5) is 0 Å². The molecule has 17 heavy (non-hydrogen) atoms. The second-order valence-corrected chi connectivity index (χ2v) is 3.68. The number of hydrogen-bond donors (Lipinski definition) is 1. The molecule has 0 radical (unpaired) electrons. The lowest BCUT2D eigenvalue weighted by atomic mass is 10.0. The van der Waals surface area contributed by atoms with Crippen molar-refractivity contribution >= 4 is 5.78 Å². The molecule has 0 spiro atoms. The highest BCUT2D eigenvalue weighted by molar-refractivity contribution is 5.99. The van der Waals surface area contributed by atoms with Crippen LogP contribution >= 0.6 is 0 Å². The molecule has 0 aromatic heterocycles. The zero-order valence-corrected chi connectivity index (χ0v) is 10.6. The normalized spacial score (nSPS) is 10.1. The Morgan fingerprint density at radius 1 is 1.24 bits per heavy atom. The first-order valence-corrected chi connectivity index (χ1v) is 5.66. The molecular formula is C13H19NO3. The summed E-state index contributed by atoms with van der Waals surface area (Å²) in [5.74, 6) is 1.31. The molecule has 1 aromatic carbocycles. The number of Topliss-reactive ketones (excluding diaryl/α,β-unsaturated/α-hetero) is 1. The molecule has 0 aliphatic heterocycles. The molecule has 4 heteroatoms. The van der Waals surface area contributed by atoms with Crippen LogP contribution in [0.2, 0.25) is 0 Å². The van der Waals surface area contributed by atoms with Gasteiger partial charge in [0.15, 0.2) is 5.78 Å². The van der Waals surface area contributed by atoms with E-state index in [2.05, 4.69) is 0 Å². The van der Waals surface area contributed by atoms with E-state index in [4.69, 9.17) is 15.2 Å². The molecule has 0 bridgehead atoms. The van der Waals surface area contributed by atoms with Crippen molar-refractivity contribution in [3.8, 4) is 11.5 Å². The van der Waals surface area contributed by atoms with E-state index >= 15 is 0 Å². The van der Waals surface area contributed by atoms with Gasteiger partial charge in [-0.2, -0.15) is 0 Å². The molecule has 0 unspecified atom stereocenters. The summed E-state index contributed by atoms with van der Waals surface area (Å²) in [6.45, 7) is 2.35. The lowest BCUT2D eigenvalue weighted by molar-refractivity contribution is 0.0985. The number of nitrogens with two attached hydrogens (primary N) is 1. The van der Waals surface area contributed by atoms with Crippen molar-refractivity contribution in [2.24, 2.45) is 5.73 Å². The minimum atomic E-state index is 0.0412. The quantitative estimate of drug-likeness (QED) is 0.766. The number of carbonyl (C=O) groups is 1. The maximum absolute atomic E-state index is 11.8. The Hall–Kier alpha value is -1.55. The monoisotopic (exact) mass is 237 g/mol. The smallest absolute Gasteiger partial charge is 0.166 e. The van der Waals surface area contributed by atoms with E-state index in [0.717, 1.165) is 5.56 Å². The predicted octanol–water partition coefficient (Wildman–Crippen LogP) is 1.80. The predicted molar refractivity (Wildman–Crippen MR) is 66.9 cm³/mol. The third kappa shape index (κ3) is 2.97. The third-order valence-corrected chi connectivity index (χ3v) is 2.64. The second kappa shape index (κ2) is 6.25. The van der Waals surface area contributed by atoms with E-state index in [1.165, 1.54) is 0 Å². The summed E-state index contributed by atoms with van der Waals surface area (Å²) >= 11 is 0. The van der Waals surface area contributed by atoms with Gasteiger partial charge in [0, 0.05) is 6.42 Å². The largest absolute Gasteiger partial charge is 0.496 e. The Balaban J connectivity index is 3.27. The van der Waals surface area contributed by atoms with E-state index < -0.39 is 0 Å². The molecular weight excluding hydrogens is 218 g/mol. The Morgan fingerprint density at radius 2 is 1.88 bits per heavy atom. The number of carbonyl (C=O) groups excluding carboxylic acids is 1. The van der Waals surface area contributed by atoms with Crippen LogP contribution in [0, 0.1) is 0 Å². The average molecular weight is 237 g/mol. The lowest BCUT2D eigenvalue weighted by Crippen LogP contribution is -2.07. The van der Waals surface area contributed by atoms with Gasteiger partial charge in [-0.05, 0) is 30.7 Å². The van der Waals surface area contributed by atoms with Crippen LogP contribution in [-0.4, -0.2) is 26.5 Å². The Labute approximate surface area is 102 Å². The van der Waals surface area contributed by atoms with E-state index in [1.54, 1.807) is 20.3 Å². The van der Waals surface area contributed by atoms with E-state index in [-0.39, 0.29) is 5.78 Å². The molecule has 0 saturated heterocycles. The molecule has 0 aliphatic carbocycles. The highest BCUT2D eigenvalue weighted by Crippen LogP contribution is 2.29. The molecule has 0 amide bonds. The maximum atomic E-state index is 11.8. The molecule has 1 rings (SSSR count). The van der Waals surface area contributed by atoms with E-state index in [9.17, 15) is 4.79 Å². The number of rotatable bonds is 6. The van der Waals surface area contributed by atoms with Gasteiger partial charge in [-0.25, -0.2) is 0 Å². The Morgan fingerprint density at radius 3 is 2.35 bits per heavy atom. The first-order chi connectivity index (χ1) is 8.17. The average Bonchev–Trinajstić information content (AvgIpc) is 2.37. The van der Waals surface area contributed by atoms with Gasteiger partial charge >= 0.3 is 0 Å². The zero-order valence-electron chi connectivity index (χ0n) is 10.6. The van der Waals surface area contributed by atoms with Crippen LogP contribution < -0.4 is 15.2 Å². The maximum Gasteiger partial charge on any atom is 0.166 e. The number of hydrogen-bond acceptors (Lipinski definition) is 4. The van der Waals surface area contributed by atoms with Crippen LogP contribution in [0.3, 0.4) is 0 Å². The van der Waals surface area contributed by atoms with Crippen molar-refractivity contribution in [1.29, 1.82) is 0 Å². The molecule has 0 atom stereocenters. The summed E-state index contributed by atoms with van der Waals surface area (Å²) in [6.07, 6.45) is 1.13. The van der Waals surface area contributed by atoms with Gasteiger partial charge in [0.25, 0.3) is 0 Å². The summed E-state index contributed by atoms with van der Waals surface area (Å²) in [5.41, 5.74) is 7.06. The van der Waals surface area contributed by atoms with Crippen molar-refractivity contribution < 1.29 is 14.3 Å². The fourth-order valence-corrected chi connectivity index (χ4v) is 1.72. The summed E-state index contributed by atoms with van der Waals surface area (Å²) < 4.78 is 10.5. The van der Waals surface area contributed by atoms with E-state index in [0.29, 0.717) is 36.4 Å². The summed E-state index contributed by atoms with van der Waals surface area (Å²) in [5, 5.41) is 0. The van der Waals surface area contributed by atoms with Gasteiger partial charge < -0.3 is 15.2 Å². The zero-order chi connectivity index (χ0) is 12.8.